The van der Waals surface area contributed by atoms with E-state index in [0.717, 1.165) is 24.2 Å². The number of nitrogens with zero attached hydrogens (tertiary/aromatic N) is 2. The number of rotatable bonds is 5. The number of imidazole rings is 1. The Morgan fingerprint density at radius 3 is 2.36 bits per heavy atom. The summed E-state index contributed by atoms with van der Waals surface area (Å²) in [6, 6.07) is 25.2. The Labute approximate surface area is 147 Å². The minimum atomic E-state index is 0.855. The number of hydrogen-bond donors (Lipinski definition) is 1. The van der Waals surface area contributed by atoms with Gasteiger partial charge in [0.2, 0.25) is 6.33 Å². The van der Waals surface area contributed by atoms with Gasteiger partial charge in [-0.3, -0.25) is 4.98 Å². The maximum absolute atomic E-state index is 4.41. The van der Waals surface area contributed by atoms with E-state index < -0.39 is 0 Å². The summed E-state index contributed by atoms with van der Waals surface area (Å²) in [7, 11) is 0. The monoisotopic (exact) mass is 326 g/mol. The highest BCUT2D eigenvalue weighted by atomic mass is 15.0. The third kappa shape index (κ3) is 3.66. The Hall–Kier alpha value is -3.20. The summed E-state index contributed by atoms with van der Waals surface area (Å²) >= 11 is 0. The Morgan fingerprint density at radius 2 is 1.60 bits per heavy atom. The Balaban J connectivity index is 1.51. The molecule has 122 valence electrons. The lowest BCUT2D eigenvalue weighted by atomic mass is 10.1. The molecule has 2 aromatic carbocycles. The van der Waals surface area contributed by atoms with Crippen LogP contribution in [0, 0.1) is 0 Å². The number of benzene rings is 2. The van der Waals surface area contributed by atoms with Crippen LogP contribution in [0.15, 0.2) is 91.5 Å². The van der Waals surface area contributed by atoms with Gasteiger partial charge in [-0.15, -0.1) is 0 Å². The summed E-state index contributed by atoms with van der Waals surface area (Å²) in [4.78, 5) is 7.63. The molecule has 25 heavy (non-hydrogen) atoms. The van der Waals surface area contributed by atoms with E-state index in [2.05, 4.69) is 75.3 Å². The molecule has 0 aliphatic rings. The number of nitrogens with one attached hydrogen (secondary N) is 1. The van der Waals surface area contributed by atoms with E-state index in [1.165, 1.54) is 16.8 Å². The lowest BCUT2D eigenvalue weighted by Crippen LogP contribution is -2.36. The zero-order chi connectivity index (χ0) is 16.9. The van der Waals surface area contributed by atoms with Crippen LogP contribution in [0.25, 0.3) is 11.3 Å². The van der Waals surface area contributed by atoms with Gasteiger partial charge in [-0.05, 0) is 23.3 Å². The van der Waals surface area contributed by atoms with Crippen LogP contribution in [0.4, 0.5) is 0 Å². The Morgan fingerprint density at radius 1 is 0.800 bits per heavy atom. The van der Waals surface area contributed by atoms with Crippen LogP contribution in [0.2, 0.25) is 0 Å². The van der Waals surface area contributed by atoms with Crippen LogP contribution < -0.4 is 4.57 Å². The van der Waals surface area contributed by atoms with E-state index in [4.69, 9.17) is 0 Å². The topological polar surface area (TPSA) is 32.6 Å². The average molecular weight is 326 g/mol. The minimum absolute atomic E-state index is 0.855. The molecule has 0 atom stereocenters. The molecule has 2 heterocycles. The standard InChI is InChI=1S/C22H19N3/c1-2-6-18(7-3-1)14-21-15-23-17-25(21)16-19-9-11-20(12-10-19)22-8-4-5-13-24-22/h1-13,15,17H,14,16H2/p+1. The molecule has 0 aliphatic heterocycles. The average Bonchev–Trinajstić information content (AvgIpc) is 3.10. The molecule has 0 aliphatic carbocycles. The van der Waals surface area contributed by atoms with Crippen LogP contribution >= 0.6 is 0 Å². The Kier molecular flexibility index (Phi) is 4.38. The first kappa shape index (κ1) is 15.3. The van der Waals surface area contributed by atoms with Crippen LogP contribution in [0.3, 0.4) is 0 Å². The molecule has 0 fully saturated rings. The van der Waals surface area contributed by atoms with E-state index in [-0.39, 0.29) is 0 Å². The van der Waals surface area contributed by atoms with E-state index >= 15 is 0 Å². The fraction of sp³-hybridized carbons (Fsp3) is 0.0909. The predicted octanol–water partition coefficient (Wildman–Crippen LogP) is 4.00. The lowest BCUT2D eigenvalue weighted by Gasteiger charge is -2.05. The third-order valence-corrected chi connectivity index (χ3v) is 4.34. The molecule has 0 unspecified atom stereocenters. The maximum Gasteiger partial charge on any atom is 0.242 e. The van der Waals surface area contributed by atoms with Gasteiger partial charge in [-0.25, -0.2) is 9.55 Å². The smallest absolute Gasteiger partial charge is 0.242 e. The van der Waals surface area contributed by atoms with Gasteiger partial charge < -0.3 is 0 Å². The van der Waals surface area contributed by atoms with Crippen molar-refractivity contribution < 1.29 is 4.57 Å². The summed E-state index contributed by atoms with van der Waals surface area (Å²) in [6.45, 7) is 0.855. The molecule has 2 aromatic heterocycles. The van der Waals surface area contributed by atoms with E-state index in [1.54, 1.807) is 0 Å². The van der Waals surface area contributed by atoms with Crippen molar-refractivity contribution >= 4 is 0 Å². The SMILES string of the molecule is c1ccc(Cc2c[nH]c[n+]2Cc2ccc(-c3ccccn3)cc2)cc1. The first-order valence-corrected chi connectivity index (χ1v) is 8.48. The lowest BCUT2D eigenvalue weighted by molar-refractivity contribution is -0.693. The third-order valence-electron chi connectivity index (χ3n) is 4.34. The largest absolute Gasteiger partial charge is 0.256 e. The Bertz CT molecular complexity index is 926. The highest BCUT2D eigenvalue weighted by Gasteiger charge is 2.10. The van der Waals surface area contributed by atoms with E-state index in [9.17, 15) is 0 Å². The first-order valence-electron chi connectivity index (χ1n) is 8.48. The molecule has 1 N–H and O–H groups in total. The van der Waals surface area contributed by atoms with E-state index in [0.29, 0.717) is 0 Å². The molecule has 4 rings (SSSR count). The highest BCUT2D eigenvalue weighted by molar-refractivity contribution is 5.58. The van der Waals surface area contributed by atoms with Crippen LogP contribution in [0.5, 0.6) is 0 Å². The van der Waals surface area contributed by atoms with Crippen LogP contribution in [-0.4, -0.2) is 9.97 Å². The fourth-order valence-electron chi connectivity index (χ4n) is 3.01. The van der Waals surface area contributed by atoms with Gasteiger partial charge in [-0.2, -0.15) is 0 Å². The van der Waals surface area contributed by atoms with Crippen LogP contribution in [0.1, 0.15) is 16.8 Å². The molecule has 0 bridgehead atoms. The molecule has 3 heteroatoms. The summed E-state index contributed by atoms with van der Waals surface area (Å²) in [5, 5.41) is 0. The molecule has 0 amide bonds. The van der Waals surface area contributed by atoms with Crippen molar-refractivity contribution in [3.05, 3.63) is 108 Å². The summed E-state index contributed by atoms with van der Waals surface area (Å²) in [6.07, 6.45) is 6.87. The van der Waals surface area contributed by atoms with E-state index in [1.807, 2.05) is 30.7 Å². The van der Waals surface area contributed by atoms with Crippen molar-refractivity contribution in [1.29, 1.82) is 0 Å². The number of aromatic nitrogens is 3. The highest BCUT2D eigenvalue weighted by Crippen LogP contribution is 2.17. The maximum atomic E-state index is 4.41. The van der Waals surface area contributed by atoms with Crippen molar-refractivity contribution in [2.24, 2.45) is 0 Å². The van der Waals surface area contributed by atoms with Gasteiger partial charge in [0.15, 0.2) is 0 Å². The molecule has 0 saturated heterocycles. The minimum Gasteiger partial charge on any atom is -0.256 e. The molecule has 3 nitrogen and oxygen atoms in total. The summed E-state index contributed by atoms with van der Waals surface area (Å²) < 4.78 is 2.27. The summed E-state index contributed by atoms with van der Waals surface area (Å²) in [5.41, 5.74) is 6.03. The fourth-order valence-corrected chi connectivity index (χ4v) is 3.01. The molecule has 0 spiro atoms. The molecular formula is C22H20N3+. The second-order valence-electron chi connectivity index (χ2n) is 6.13. The van der Waals surface area contributed by atoms with Crippen molar-refractivity contribution in [3.63, 3.8) is 0 Å². The van der Waals surface area contributed by atoms with Crippen molar-refractivity contribution in [2.45, 2.75) is 13.0 Å². The molecule has 0 saturated carbocycles. The van der Waals surface area contributed by atoms with Gasteiger partial charge in [0.1, 0.15) is 18.4 Å². The quantitative estimate of drug-likeness (QED) is 0.552. The second-order valence-corrected chi connectivity index (χ2v) is 6.13. The normalized spacial score (nSPS) is 10.7. The molecule has 0 radical (unpaired) electrons. The van der Waals surface area contributed by atoms with Crippen LogP contribution in [-0.2, 0) is 13.0 Å². The van der Waals surface area contributed by atoms with Crippen molar-refractivity contribution in [1.82, 2.24) is 9.97 Å². The number of hydrogen-bond acceptors (Lipinski definition) is 1. The summed E-state index contributed by atoms with van der Waals surface area (Å²) in [5.74, 6) is 0. The second kappa shape index (κ2) is 7.14. The predicted molar refractivity (Wildman–Crippen MR) is 99.0 cm³/mol. The molecule has 4 aromatic rings. The van der Waals surface area contributed by atoms with Crippen molar-refractivity contribution in [3.8, 4) is 11.3 Å². The van der Waals surface area contributed by atoms with Gasteiger partial charge in [-0.1, -0.05) is 60.7 Å². The molecular weight excluding hydrogens is 306 g/mol. The van der Waals surface area contributed by atoms with Gasteiger partial charge >= 0.3 is 0 Å². The van der Waals surface area contributed by atoms with Crippen molar-refractivity contribution in [2.75, 3.05) is 0 Å². The first-order chi connectivity index (χ1) is 12.4. The number of aromatic amines is 1. The van der Waals surface area contributed by atoms with Gasteiger partial charge in [0.05, 0.1) is 5.69 Å². The zero-order valence-corrected chi connectivity index (χ0v) is 14.0. The zero-order valence-electron chi connectivity index (χ0n) is 14.0. The van der Waals surface area contributed by atoms with Gasteiger partial charge in [0, 0.05) is 18.2 Å². The number of H-pyrrole nitrogens is 1. The number of pyridine rings is 1. The van der Waals surface area contributed by atoms with Gasteiger partial charge in [0.25, 0.3) is 0 Å².